The molecule has 1 saturated heterocycles. The van der Waals surface area contributed by atoms with E-state index < -0.39 is 0 Å². The highest BCUT2D eigenvalue weighted by atomic mass is 16.7. The number of methoxy groups -OCH3 is 1. The van der Waals surface area contributed by atoms with E-state index >= 15 is 0 Å². The van der Waals surface area contributed by atoms with Gasteiger partial charge in [-0.2, -0.15) is 0 Å². The lowest BCUT2D eigenvalue weighted by atomic mass is 10.2. The fourth-order valence-corrected chi connectivity index (χ4v) is 1.67. The predicted octanol–water partition coefficient (Wildman–Crippen LogP) is 0.452. The normalized spacial score (nSPS) is 29.4. The molecule has 1 fully saturated rings. The summed E-state index contributed by atoms with van der Waals surface area (Å²) in [6.45, 7) is 4.94. The summed E-state index contributed by atoms with van der Waals surface area (Å²) in [6, 6.07) is 0. The Morgan fingerprint density at radius 2 is 2.29 bits per heavy atom. The Balaban J connectivity index is 2.35. The van der Waals surface area contributed by atoms with E-state index in [4.69, 9.17) is 14.6 Å². The van der Waals surface area contributed by atoms with Crippen LogP contribution in [0, 0.1) is 0 Å². The summed E-state index contributed by atoms with van der Waals surface area (Å²) in [5.74, 6) is 0. The first-order valence-electron chi connectivity index (χ1n) is 5.31. The minimum atomic E-state index is -0.183. The van der Waals surface area contributed by atoms with Gasteiger partial charge in [0.25, 0.3) is 0 Å². The van der Waals surface area contributed by atoms with Gasteiger partial charge < -0.3 is 14.6 Å². The van der Waals surface area contributed by atoms with E-state index in [0.717, 1.165) is 19.6 Å². The predicted molar refractivity (Wildman–Crippen MR) is 54.1 cm³/mol. The molecule has 0 aromatic carbocycles. The Morgan fingerprint density at radius 1 is 1.50 bits per heavy atom. The SMILES string of the molecule is CCCCN1C[C@@H](CO)O[C@H](OC)C1. The summed E-state index contributed by atoms with van der Waals surface area (Å²) < 4.78 is 10.6. The zero-order valence-corrected chi connectivity index (χ0v) is 9.11. The first-order chi connectivity index (χ1) is 6.80. The first-order valence-corrected chi connectivity index (χ1v) is 5.31. The van der Waals surface area contributed by atoms with Gasteiger partial charge >= 0.3 is 0 Å². The van der Waals surface area contributed by atoms with Crippen molar-refractivity contribution < 1.29 is 14.6 Å². The van der Waals surface area contributed by atoms with Crippen molar-refractivity contribution in [1.82, 2.24) is 4.90 Å². The highest BCUT2D eigenvalue weighted by Crippen LogP contribution is 2.12. The second kappa shape index (κ2) is 6.35. The molecule has 0 amide bonds. The molecule has 1 aliphatic rings. The molecule has 1 rings (SSSR count). The number of unbranched alkanes of at least 4 members (excludes halogenated alkanes) is 1. The van der Waals surface area contributed by atoms with E-state index in [0.29, 0.717) is 0 Å². The topological polar surface area (TPSA) is 41.9 Å². The van der Waals surface area contributed by atoms with Crippen LogP contribution in [0.4, 0.5) is 0 Å². The molecule has 84 valence electrons. The maximum atomic E-state index is 9.04. The second-order valence-electron chi connectivity index (χ2n) is 3.72. The largest absolute Gasteiger partial charge is 0.394 e. The summed E-state index contributed by atoms with van der Waals surface area (Å²) in [5.41, 5.74) is 0. The minimum Gasteiger partial charge on any atom is -0.394 e. The Labute approximate surface area is 85.8 Å². The van der Waals surface area contributed by atoms with Crippen molar-refractivity contribution in [3.8, 4) is 0 Å². The summed E-state index contributed by atoms with van der Waals surface area (Å²) in [5, 5.41) is 9.04. The van der Waals surface area contributed by atoms with Crippen LogP contribution in [0.5, 0.6) is 0 Å². The van der Waals surface area contributed by atoms with Gasteiger partial charge in [0, 0.05) is 20.2 Å². The number of nitrogens with zero attached hydrogens (tertiary/aromatic N) is 1. The number of aliphatic hydroxyl groups is 1. The van der Waals surface area contributed by atoms with Crippen LogP contribution in [0.1, 0.15) is 19.8 Å². The average molecular weight is 203 g/mol. The molecule has 1 heterocycles. The smallest absolute Gasteiger partial charge is 0.170 e. The average Bonchev–Trinajstić information content (AvgIpc) is 2.25. The van der Waals surface area contributed by atoms with Gasteiger partial charge in [-0.1, -0.05) is 13.3 Å². The molecule has 0 aromatic heterocycles. The van der Waals surface area contributed by atoms with Gasteiger partial charge in [0.05, 0.1) is 12.7 Å². The Morgan fingerprint density at radius 3 is 2.86 bits per heavy atom. The van der Waals surface area contributed by atoms with E-state index in [9.17, 15) is 0 Å². The molecule has 0 aliphatic carbocycles. The lowest BCUT2D eigenvalue weighted by Crippen LogP contribution is -2.49. The van der Waals surface area contributed by atoms with E-state index in [-0.39, 0.29) is 19.0 Å². The number of ether oxygens (including phenoxy) is 2. The van der Waals surface area contributed by atoms with Crippen molar-refractivity contribution >= 4 is 0 Å². The molecule has 4 nitrogen and oxygen atoms in total. The number of morpholine rings is 1. The van der Waals surface area contributed by atoms with Crippen LogP contribution in [-0.4, -0.2) is 55.8 Å². The summed E-state index contributed by atoms with van der Waals surface area (Å²) in [4.78, 5) is 2.29. The summed E-state index contributed by atoms with van der Waals surface area (Å²) in [7, 11) is 1.64. The standard InChI is InChI=1S/C10H21NO3/c1-3-4-5-11-6-9(8-12)14-10(7-11)13-2/h9-10,12H,3-8H2,1-2H3/t9-,10-/m0/s1. The van der Waals surface area contributed by atoms with Crippen LogP contribution in [0.3, 0.4) is 0 Å². The molecule has 4 heteroatoms. The Kier molecular flexibility index (Phi) is 5.40. The fourth-order valence-electron chi connectivity index (χ4n) is 1.67. The van der Waals surface area contributed by atoms with Crippen molar-refractivity contribution in [3.63, 3.8) is 0 Å². The van der Waals surface area contributed by atoms with E-state index in [1.807, 2.05) is 0 Å². The lowest BCUT2D eigenvalue weighted by Gasteiger charge is -2.36. The summed E-state index contributed by atoms with van der Waals surface area (Å²) in [6.07, 6.45) is 2.11. The molecule has 0 aromatic rings. The Hall–Kier alpha value is -0.160. The van der Waals surface area contributed by atoms with Crippen LogP contribution in [0.15, 0.2) is 0 Å². The van der Waals surface area contributed by atoms with Gasteiger partial charge in [-0.3, -0.25) is 4.90 Å². The van der Waals surface area contributed by atoms with Crippen LogP contribution in [-0.2, 0) is 9.47 Å². The molecule has 0 spiro atoms. The van der Waals surface area contributed by atoms with Gasteiger partial charge in [-0.05, 0) is 13.0 Å². The van der Waals surface area contributed by atoms with E-state index in [2.05, 4.69) is 11.8 Å². The molecule has 0 radical (unpaired) electrons. The number of hydrogen-bond acceptors (Lipinski definition) is 4. The molecular weight excluding hydrogens is 182 g/mol. The first kappa shape index (κ1) is 11.9. The van der Waals surface area contributed by atoms with Gasteiger partial charge in [-0.25, -0.2) is 0 Å². The zero-order valence-electron chi connectivity index (χ0n) is 9.11. The van der Waals surface area contributed by atoms with E-state index in [1.54, 1.807) is 7.11 Å². The van der Waals surface area contributed by atoms with Crippen molar-refractivity contribution in [2.45, 2.75) is 32.2 Å². The molecule has 0 unspecified atom stereocenters. The lowest BCUT2D eigenvalue weighted by molar-refractivity contribution is -0.205. The second-order valence-corrected chi connectivity index (χ2v) is 3.72. The highest BCUT2D eigenvalue weighted by Gasteiger charge is 2.26. The van der Waals surface area contributed by atoms with Crippen molar-refractivity contribution in [2.24, 2.45) is 0 Å². The molecule has 14 heavy (non-hydrogen) atoms. The van der Waals surface area contributed by atoms with Gasteiger partial charge in [0.2, 0.25) is 0 Å². The zero-order chi connectivity index (χ0) is 10.4. The number of aliphatic hydroxyl groups excluding tert-OH is 1. The van der Waals surface area contributed by atoms with Gasteiger partial charge in [0.15, 0.2) is 6.29 Å². The third-order valence-corrected chi connectivity index (χ3v) is 2.51. The quantitative estimate of drug-likeness (QED) is 0.704. The number of hydrogen-bond donors (Lipinski definition) is 1. The maximum absolute atomic E-state index is 9.04. The van der Waals surface area contributed by atoms with Gasteiger partial charge in [0.1, 0.15) is 0 Å². The van der Waals surface area contributed by atoms with Crippen LogP contribution >= 0.6 is 0 Å². The minimum absolute atomic E-state index is 0.0719. The molecular formula is C10H21NO3. The third kappa shape index (κ3) is 3.53. The van der Waals surface area contributed by atoms with Crippen LogP contribution in [0.2, 0.25) is 0 Å². The molecule has 0 saturated carbocycles. The third-order valence-electron chi connectivity index (χ3n) is 2.51. The van der Waals surface area contributed by atoms with Crippen molar-refractivity contribution in [2.75, 3.05) is 33.4 Å². The van der Waals surface area contributed by atoms with Crippen LogP contribution < -0.4 is 0 Å². The van der Waals surface area contributed by atoms with Crippen molar-refractivity contribution in [3.05, 3.63) is 0 Å². The maximum Gasteiger partial charge on any atom is 0.170 e. The van der Waals surface area contributed by atoms with Crippen molar-refractivity contribution in [1.29, 1.82) is 0 Å². The van der Waals surface area contributed by atoms with Crippen LogP contribution in [0.25, 0.3) is 0 Å². The number of rotatable bonds is 5. The fraction of sp³-hybridized carbons (Fsp3) is 1.00. The molecule has 2 atom stereocenters. The molecule has 1 aliphatic heterocycles. The molecule has 0 bridgehead atoms. The molecule has 1 N–H and O–H groups in total. The monoisotopic (exact) mass is 203 g/mol. The van der Waals surface area contributed by atoms with E-state index in [1.165, 1.54) is 12.8 Å². The van der Waals surface area contributed by atoms with Gasteiger partial charge in [-0.15, -0.1) is 0 Å². The Bertz CT molecular complexity index is 142. The summed E-state index contributed by atoms with van der Waals surface area (Å²) >= 11 is 0. The highest BCUT2D eigenvalue weighted by molar-refractivity contribution is 4.73.